The third kappa shape index (κ3) is 8.64. The van der Waals surface area contributed by atoms with E-state index in [0.29, 0.717) is 36.2 Å². The van der Waals surface area contributed by atoms with Crippen molar-refractivity contribution in [2.45, 2.75) is 63.6 Å². The van der Waals surface area contributed by atoms with E-state index >= 15 is 0 Å². The van der Waals surface area contributed by atoms with Crippen molar-refractivity contribution in [1.82, 2.24) is 21.6 Å². The Morgan fingerprint density at radius 2 is 1.71 bits per heavy atom. The number of allylic oxidation sites excluding steroid dienone is 1. The van der Waals surface area contributed by atoms with Crippen LogP contribution in [0, 0.1) is 0 Å². The first-order valence-electron chi connectivity index (χ1n) is 16.8. The van der Waals surface area contributed by atoms with Crippen LogP contribution in [-0.4, -0.2) is 42.7 Å². The minimum atomic E-state index is -0.227. The molecule has 0 saturated heterocycles. The second-order valence-electron chi connectivity index (χ2n) is 12.8. The van der Waals surface area contributed by atoms with E-state index < -0.39 is 0 Å². The van der Waals surface area contributed by atoms with Crippen molar-refractivity contribution in [3.8, 4) is 0 Å². The number of hydrazine groups is 1. The zero-order valence-electron chi connectivity index (χ0n) is 27.5. The van der Waals surface area contributed by atoms with Crippen LogP contribution in [0.4, 0.5) is 5.69 Å². The van der Waals surface area contributed by atoms with Crippen molar-refractivity contribution in [3.05, 3.63) is 148 Å². The number of hydrogen-bond donors (Lipinski definition) is 5. The summed E-state index contributed by atoms with van der Waals surface area (Å²) in [4.78, 5) is 25.3. The molecule has 0 heterocycles. The van der Waals surface area contributed by atoms with Crippen LogP contribution in [0.2, 0.25) is 0 Å². The van der Waals surface area contributed by atoms with Gasteiger partial charge in [-0.1, -0.05) is 85.0 Å². The maximum absolute atomic E-state index is 12.7. The number of nitrogens with zero attached hydrogens (tertiary/aromatic N) is 1. The average Bonchev–Trinajstić information content (AvgIpc) is 3.68. The van der Waals surface area contributed by atoms with Crippen molar-refractivity contribution in [1.29, 1.82) is 0 Å². The number of carbonyl (C=O) groups excluding carboxylic acids is 2. The Morgan fingerprint density at radius 3 is 2.42 bits per heavy atom. The van der Waals surface area contributed by atoms with Gasteiger partial charge in [0.05, 0.1) is 6.21 Å². The second kappa shape index (κ2) is 15.7. The molecule has 0 aliphatic heterocycles. The molecule has 246 valence electrons. The van der Waals surface area contributed by atoms with E-state index in [4.69, 9.17) is 0 Å². The molecule has 0 bridgehead atoms. The van der Waals surface area contributed by atoms with Crippen molar-refractivity contribution < 1.29 is 9.59 Å². The van der Waals surface area contributed by atoms with Gasteiger partial charge in [0, 0.05) is 41.5 Å². The summed E-state index contributed by atoms with van der Waals surface area (Å²) in [5.74, 6) is -0.403. The summed E-state index contributed by atoms with van der Waals surface area (Å²) in [6.07, 6.45) is 15.0. The van der Waals surface area contributed by atoms with Crippen LogP contribution in [0.1, 0.15) is 58.8 Å². The van der Waals surface area contributed by atoms with Gasteiger partial charge < -0.3 is 10.6 Å². The molecule has 0 saturated carbocycles. The lowest BCUT2D eigenvalue weighted by Crippen LogP contribution is -2.38. The number of hydrogen-bond acceptors (Lipinski definition) is 6. The van der Waals surface area contributed by atoms with Gasteiger partial charge in [-0.15, -0.1) is 0 Å². The molecule has 8 heteroatoms. The molecule has 2 unspecified atom stereocenters. The summed E-state index contributed by atoms with van der Waals surface area (Å²) in [5.41, 5.74) is 18.2. The number of amides is 2. The summed E-state index contributed by atoms with van der Waals surface area (Å²) >= 11 is 0. The summed E-state index contributed by atoms with van der Waals surface area (Å²) in [6, 6.07) is 25.1. The highest BCUT2D eigenvalue weighted by Gasteiger charge is 2.23. The number of hydrazone groups is 1. The largest absolute Gasteiger partial charge is 0.382 e. The van der Waals surface area contributed by atoms with Crippen LogP contribution < -0.4 is 26.9 Å². The molecule has 0 aromatic heterocycles. The van der Waals surface area contributed by atoms with Gasteiger partial charge in [-0.3, -0.25) is 15.0 Å². The molecular weight excluding hydrogens is 596 g/mol. The highest BCUT2D eigenvalue weighted by Crippen LogP contribution is 2.28. The standard InChI is InChI=1S/C40H44N6O2/c1-3-30-23-37(21-27(30)2)43-35-15-13-32(14-16-35)40(48)46-42-26-29-8-6-7-28(22-29)19-20-41-45-39(47)31-11-17-36(18-12-31)44-38-24-33-9-4-5-10-34(33)25-38/h3-15,17-18,22,26,35,37-38,41,43-44H,1,16,19-21,23-25H2,2H3,(H,45,47)(H,46,48)/b42-26+. The Bertz CT molecular complexity index is 1750. The predicted molar refractivity (Wildman–Crippen MR) is 194 cm³/mol. The van der Waals surface area contributed by atoms with Gasteiger partial charge in [-0.25, -0.2) is 10.9 Å². The van der Waals surface area contributed by atoms with E-state index in [1.54, 1.807) is 6.21 Å². The summed E-state index contributed by atoms with van der Waals surface area (Å²) in [7, 11) is 0. The highest BCUT2D eigenvalue weighted by atomic mass is 16.2. The van der Waals surface area contributed by atoms with Crippen molar-refractivity contribution >= 4 is 23.7 Å². The molecule has 5 N–H and O–H groups in total. The minimum absolute atomic E-state index is 0.176. The fraction of sp³-hybridized carbons (Fsp3) is 0.275. The summed E-state index contributed by atoms with van der Waals surface area (Å²) in [5, 5.41) is 11.4. The van der Waals surface area contributed by atoms with Gasteiger partial charge in [0.15, 0.2) is 0 Å². The molecule has 2 atom stereocenters. The number of nitrogens with one attached hydrogen (secondary N) is 5. The Labute approximate surface area is 283 Å². The number of carbonyl (C=O) groups is 2. The zero-order chi connectivity index (χ0) is 33.3. The third-order valence-corrected chi connectivity index (χ3v) is 9.27. The van der Waals surface area contributed by atoms with E-state index in [0.717, 1.165) is 48.9 Å². The minimum Gasteiger partial charge on any atom is -0.382 e. The Kier molecular flexibility index (Phi) is 10.7. The number of rotatable bonds is 13. The topological polar surface area (TPSA) is 107 Å². The molecular formula is C40H44N6O2. The van der Waals surface area contributed by atoms with Gasteiger partial charge in [-0.05, 0) is 97.5 Å². The fourth-order valence-electron chi connectivity index (χ4n) is 6.70. The summed E-state index contributed by atoms with van der Waals surface area (Å²) < 4.78 is 0. The average molecular weight is 641 g/mol. The summed E-state index contributed by atoms with van der Waals surface area (Å²) in [6.45, 7) is 6.65. The zero-order valence-corrected chi connectivity index (χ0v) is 27.5. The fourth-order valence-corrected chi connectivity index (χ4v) is 6.70. The molecule has 3 aromatic carbocycles. The molecule has 3 aromatic rings. The van der Waals surface area contributed by atoms with Gasteiger partial charge in [0.1, 0.15) is 0 Å². The molecule has 0 radical (unpaired) electrons. The molecule has 2 amide bonds. The molecule has 3 aliphatic carbocycles. The lowest BCUT2D eigenvalue weighted by atomic mass is 10.0. The van der Waals surface area contributed by atoms with Crippen molar-refractivity contribution in [2.24, 2.45) is 5.10 Å². The van der Waals surface area contributed by atoms with Gasteiger partial charge in [-0.2, -0.15) is 5.10 Å². The molecule has 8 nitrogen and oxygen atoms in total. The highest BCUT2D eigenvalue weighted by molar-refractivity contribution is 5.97. The first kappa shape index (κ1) is 32.9. The normalized spacial score (nSPS) is 18.9. The van der Waals surface area contributed by atoms with Crippen molar-refractivity contribution in [2.75, 3.05) is 11.9 Å². The quantitative estimate of drug-likeness (QED) is 0.0937. The Balaban J connectivity index is 0.881. The molecule has 48 heavy (non-hydrogen) atoms. The van der Waals surface area contributed by atoms with Gasteiger partial charge in [0.25, 0.3) is 11.8 Å². The van der Waals surface area contributed by atoms with Gasteiger partial charge >= 0.3 is 0 Å². The molecule has 0 spiro atoms. The predicted octanol–water partition coefficient (Wildman–Crippen LogP) is 5.70. The van der Waals surface area contributed by atoms with E-state index in [2.05, 4.69) is 75.9 Å². The SMILES string of the molecule is C=CC1=C(C)CC(NC2C=CC(C(=O)N/N=C/c3cccc(CCNNC(=O)c4ccc(NC5Cc6ccccc6C5)cc4)c3)=CC2)C1. The molecule has 6 rings (SSSR count). The van der Waals surface area contributed by atoms with E-state index in [1.807, 2.05) is 66.8 Å². The lowest BCUT2D eigenvalue weighted by Gasteiger charge is -2.22. The Hall–Kier alpha value is -5.05. The van der Waals surface area contributed by atoms with Crippen LogP contribution in [0.15, 0.2) is 126 Å². The van der Waals surface area contributed by atoms with E-state index in [9.17, 15) is 9.59 Å². The van der Waals surface area contributed by atoms with Crippen LogP contribution in [0.3, 0.4) is 0 Å². The monoisotopic (exact) mass is 640 g/mol. The maximum Gasteiger partial charge on any atom is 0.271 e. The van der Waals surface area contributed by atoms with Crippen LogP contribution in [0.25, 0.3) is 0 Å². The smallest absolute Gasteiger partial charge is 0.271 e. The van der Waals surface area contributed by atoms with Crippen LogP contribution in [-0.2, 0) is 24.1 Å². The first-order valence-corrected chi connectivity index (χ1v) is 16.8. The lowest BCUT2D eigenvalue weighted by molar-refractivity contribution is -0.117. The molecule has 3 aliphatic rings. The number of benzene rings is 3. The second-order valence-corrected chi connectivity index (χ2v) is 12.8. The van der Waals surface area contributed by atoms with Crippen molar-refractivity contribution in [3.63, 3.8) is 0 Å². The van der Waals surface area contributed by atoms with Crippen LogP contribution in [0.5, 0.6) is 0 Å². The number of fused-ring (bicyclic) bond motifs is 1. The third-order valence-electron chi connectivity index (χ3n) is 9.27. The molecule has 0 fully saturated rings. The van der Waals surface area contributed by atoms with E-state index in [-0.39, 0.29) is 17.9 Å². The van der Waals surface area contributed by atoms with E-state index in [1.165, 1.54) is 22.3 Å². The maximum atomic E-state index is 12.7. The van der Waals surface area contributed by atoms with Crippen LogP contribution >= 0.6 is 0 Å². The number of anilines is 1. The first-order chi connectivity index (χ1) is 23.4. The Morgan fingerprint density at radius 1 is 0.917 bits per heavy atom. The van der Waals surface area contributed by atoms with Gasteiger partial charge in [0.2, 0.25) is 0 Å².